The minimum Gasteiger partial charge on any atom is -0.347 e. The van der Waals surface area contributed by atoms with Crippen molar-refractivity contribution >= 4 is 17.9 Å². The molecule has 0 aromatic heterocycles. The number of thiol groups is 1. The molecule has 13 heavy (non-hydrogen) atoms. The lowest BCUT2D eigenvalue weighted by molar-refractivity contribution is 0.261. The van der Waals surface area contributed by atoms with Gasteiger partial charge in [0.2, 0.25) is 0 Å². The molecule has 0 aliphatic heterocycles. The van der Waals surface area contributed by atoms with Crippen molar-refractivity contribution < 1.29 is 9.18 Å². The molecule has 0 aliphatic carbocycles. The zero-order chi connectivity index (χ0) is 9.68. The Morgan fingerprint density at radius 1 is 1.54 bits per heavy atom. The summed E-state index contributed by atoms with van der Waals surface area (Å²) in [5.74, 6) is -0.255. The number of carbonyl (C=O) groups excluding carboxylic acids is 1. The molecular formula is C9H10FNOS. The van der Waals surface area contributed by atoms with Gasteiger partial charge in [0.1, 0.15) is 5.82 Å². The van der Waals surface area contributed by atoms with Crippen LogP contribution in [0.15, 0.2) is 24.3 Å². The number of hydrogen-bond acceptors (Lipinski definition) is 1. The van der Waals surface area contributed by atoms with Gasteiger partial charge in [-0.05, 0) is 24.1 Å². The number of benzene rings is 1. The van der Waals surface area contributed by atoms with E-state index in [-0.39, 0.29) is 11.1 Å². The van der Waals surface area contributed by atoms with E-state index >= 15 is 0 Å². The highest BCUT2D eigenvalue weighted by Gasteiger charge is 1.96. The highest BCUT2D eigenvalue weighted by molar-refractivity contribution is 7.96. The molecule has 4 heteroatoms. The van der Waals surface area contributed by atoms with Crippen LogP contribution in [0.3, 0.4) is 0 Å². The van der Waals surface area contributed by atoms with Crippen LogP contribution in [0.4, 0.5) is 9.18 Å². The lowest BCUT2D eigenvalue weighted by Crippen LogP contribution is -2.19. The van der Waals surface area contributed by atoms with E-state index in [1.54, 1.807) is 6.07 Å². The monoisotopic (exact) mass is 199 g/mol. The van der Waals surface area contributed by atoms with Gasteiger partial charge in [-0.1, -0.05) is 24.8 Å². The summed E-state index contributed by atoms with van der Waals surface area (Å²) in [6, 6.07) is 6.30. The van der Waals surface area contributed by atoms with Crippen molar-refractivity contribution in [3.8, 4) is 0 Å². The summed E-state index contributed by atoms with van der Waals surface area (Å²) in [5, 5.41) is 2.15. The predicted molar refractivity (Wildman–Crippen MR) is 52.5 cm³/mol. The second-order valence-corrected chi connectivity index (χ2v) is 3.02. The SMILES string of the molecule is O=C(S)NCCc1cccc(F)c1. The quantitative estimate of drug-likeness (QED) is 0.716. The Morgan fingerprint density at radius 3 is 2.92 bits per heavy atom. The van der Waals surface area contributed by atoms with Crippen molar-refractivity contribution in [2.24, 2.45) is 0 Å². The lowest BCUT2D eigenvalue weighted by atomic mass is 10.1. The zero-order valence-electron chi connectivity index (χ0n) is 6.96. The van der Waals surface area contributed by atoms with E-state index in [1.165, 1.54) is 12.1 Å². The molecule has 0 atom stereocenters. The Kier molecular flexibility index (Phi) is 3.76. The second kappa shape index (κ2) is 4.87. The molecule has 0 heterocycles. The van der Waals surface area contributed by atoms with Crippen molar-refractivity contribution in [3.05, 3.63) is 35.6 Å². The fourth-order valence-corrected chi connectivity index (χ4v) is 1.12. The average Bonchev–Trinajstić information content (AvgIpc) is 2.03. The molecule has 1 aromatic rings. The van der Waals surface area contributed by atoms with Crippen LogP contribution in [0.1, 0.15) is 5.56 Å². The van der Waals surface area contributed by atoms with Gasteiger partial charge in [-0.25, -0.2) is 4.39 Å². The van der Waals surface area contributed by atoms with Gasteiger partial charge in [-0.2, -0.15) is 0 Å². The molecule has 2 nitrogen and oxygen atoms in total. The molecule has 70 valence electrons. The van der Waals surface area contributed by atoms with E-state index < -0.39 is 0 Å². The third kappa shape index (κ3) is 3.94. The molecule has 1 N–H and O–H groups in total. The molecular weight excluding hydrogens is 189 g/mol. The third-order valence-electron chi connectivity index (χ3n) is 1.58. The first-order valence-corrected chi connectivity index (χ1v) is 4.34. The minimum absolute atomic E-state index is 0.255. The summed E-state index contributed by atoms with van der Waals surface area (Å²) in [4.78, 5) is 10.4. The number of hydrogen-bond donors (Lipinski definition) is 2. The van der Waals surface area contributed by atoms with E-state index in [4.69, 9.17) is 0 Å². The Morgan fingerprint density at radius 2 is 2.31 bits per heavy atom. The molecule has 0 bridgehead atoms. The summed E-state index contributed by atoms with van der Waals surface area (Å²) in [6.07, 6.45) is 0.615. The van der Waals surface area contributed by atoms with Gasteiger partial charge < -0.3 is 5.32 Å². The van der Waals surface area contributed by atoms with Gasteiger partial charge in [-0.15, -0.1) is 0 Å². The normalized spacial score (nSPS) is 9.69. The van der Waals surface area contributed by atoms with E-state index in [0.29, 0.717) is 13.0 Å². The van der Waals surface area contributed by atoms with E-state index in [1.807, 2.05) is 6.07 Å². The summed E-state index contributed by atoms with van der Waals surface area (Å²) < 4.78 is 12.7. The largest absolute Gasteiger partial charge is 0.347 e. The van der Waals surface area contributed by atoms with Crippen molar-refractivity contribution in [3.63, 3.8) is 0 Å². The summed E-state index contributed by atoms with van der Waals surface area (Å²) in [6.45, 7) is 0.478. The summed E-state index contributed by atoms with van der Waals surface area (Å²) >= 11 is 3.54. The third-order valence-corrected chi connectivity index (χ3v) is 1.74. The van der Waals surface area contributed by atoms with Crippen molar-refractivity contribution in [2.75, 3.05) is 6.54 Å². The topological polar surface area (TPSA) is 29.1 Å². The molecule has 1 amide bonds. The molecule has 0 aliphatic rings. The Bertz CT molecular complexity index is 303. The fraction of sp³-hybridized carbons (Fsp3) is 0.222. The number of halogens is 1. The molecule has 1 aromatic carbocycles. The van der Waals surface area contributed by atoms with Gasteiger partial charge in [0, 0.05) is 6.54 Å². The minimum atomic E-state index is -0.364. The van der Waals surface area contributed by atoms with Gasteiger partial charge in [0.15, 0.2) is 0 Å². The highest BCUT2D eigenvalue weighted by Crippen LogP contribution is 2.03. The molecule has 0 saturated heterocycles. The van der Waals surface area contributed by atoms with Crippen molar-refractivity contribution in [1.29, 1.82) is 0 Å². The fourth-order valence-electron chi connectivity index (χ4n) is 1.01. The molecule has 0 saturated carbocycles. The van der Waals surface area contributed by atoms with Crippen LogP contribution >= 0.6 is 12.6 Å². The average molecular weight is 199 g/mol. The highest BCUT2D eigenvalue weighted by atomic mass is 32.1. The van der Waals surface area contributed by atoms with Gasteiger partial charge in [0.05, 0.1) is 0 Å². The zero-order valence-corrected chi connectivity index (χ0v) is 7.85. The van der Waals surface area contributed by atoms with E-state index in [0.717, 1.165) is 5.56 Å². The van der Waals surface area contributed by atoms with E-state index in [2.05, 4.69) is 17.9 Å². The maximum absolute atomic E-state index is 12.7. The second-order valence-electron chi connectivity index (χ2n) is 2.61. The Labute approximate surface area is 81.6 Å². The van der Waals surface area contributed by atoms with Crippen LogP contribution < -0.4 is 5.32 Å². The van der Waals surface area contributed by atoms with Crippen LogP contribution in [-0.2, 0) is 6.42 Å². The van der Waals surface area contributed by atoms with Crippen LogP contribution in [-0.4, -0.2) is 11.8 Å². The lowest BCUT2D eigenvalue weighted by Gasteiger charge is -2.01. The molecule has 0 unspecified atom stereocenters. The van der Waals surface area contributed by atoms with Crippen LogP contribution in [0.2, 0.25) is 0 Å². The summed E-state index contributed by atoms with van der Waals surface area (Å²) in [5.41, 5.74) is 0.863. The molecule has 0 radical (unpaired) electrons. The first kappa shape index (κ1) is 10.1. The first-order chi connectivity index (χ1) is 6.18. The van der Waals surface area contributed by atoms with Crippen molar-refractivity contribution in [1.82, 2.24) is 5.32 Å². The number of carbonyl (C=O) groups is 1. The van der Waals surface area contributed by atoms with E-state index in [9.17, 15) is 9.18 Å². The number of rotatable bonds is 3. The van der Waals surface area contributed by atoms with Gasteiger partial charge in [-0.3, -0.25) is 4.79 Å². The predicted octanol–water partition coefficient (Wildman–Crippen LogP) is 2.01. The Balaban J connectivity index is 2.41. The molecule has 0 spiro atoms. The maximum atomic E-state index is 12.7. The van der Waals surface area contributed by atoms with Gasteiger partial charge >= 0.3 is 0 Å². The van der Waals surface area contributed by atoms with Crippen LogP contribution in [0.5, 0.6) is 0 Å². The molecule has 0 fully saturated rings. The smallest absolute Gasteiger partial charge is 0.275 e. The Hall–Kier alpha value is -1.03. The van der Waals surface area contributed by atoms with Crippen LogP contribution in [0, 0.1) is 5.82 Å². The first-order valence-electron chi connectivity index (χ1n) is 3.90. The standard InChI is InChI=1S/C9H10FNOS/c10-8-3-1-2-7(6-8)4-5-11-9(12)13/h1-3,6H,4-5H2,(H2,11,12,13). The number of nitrogens with one attached hydrogen (secondary N) is 1. The van der Waals surface area contributed by atoms with Gasteiger partial charge in [0.25, 0.3) is 5.24 Å². The molecule has 1 rings (SSSR count). The van der Waals surface area contributed by atoms with Crippen LogP contribution in [0.25, 0.3) is 0 Å². The van der Waals surface area contributed by atoms with Crippen molar-refractivity contribution in [2.45, 2.75) is 6.42 Å². The number of amides is 1. The summed E-state index contributed by atoms with van der Waals surface area (Å²) in [7, 11) is 0. The maximum Gasteiger partial charge on any atom is 0.275 e.